The number of aliphatic hydroxyl groups is 1. The fourth-order valence-electron chi connectivity index (χ4n) is 5.77. The Bertz CT molecular complexity index is 1860. The molecule has 2 heterocycles. The monoisotopic (exact) mass is 722 g/mol. The van der Waals surface area contributed by atoms with Crippen LogP contribution in [0.15, 0.2) is 138 Å². The van der Waals surface area contributed by atoms with Crippen LogP contribution in [0.5, 0.6) is 0 Å². The van der Waals surface area contributed by atoms with Crippen molar-refractivity contribution in [3.8, 4) is 0 Å². The first-order chi connectivity index (χ1) is 22.5. The maximum atomic E-state index is 13.7. The number of hydrogen-bond donors (Lipinski definition) is 1. The second-order valence-electron chi connectivity index (χ2n) is 17.3. The Hall–Kier alpha value is -3.92. The van der Waals surface area contributed by atoms with Gasteiger partial charge in [-0.05, 0) is 23.0 Å². The van der Waals surface area contributed by atoms with Crippen LogP contribution in [0, 0.1) is 21.7 Å². The quantitative estimate of drug-likeness (QED) is 0.249. The van der Waals surface area contributed by atoms with E-state index in [4.69, 9.17) is 4.74 Å². The van der Waals surface area contributed by atoms with Crippen LogP contribution in [0.1, 0.15) is 88.6 Å². The molecule has 1 aromatic carbocycles. The van der Waals surface area contributed by atoms with Gasteiger partial charge in [-0.25, -0.2) is 0 Å². The molecule has 4 nitrogen and oxygen atoms in total. The van der Waals surface area contributed by atoms with E-state index in [9.17, 15) is 14.7 Å². The minimum absolute atomic E-state index is 0.00523. The molecule has 49 heavy (non-hydrogen) atoms. The number of ether oxygens (including phenoxy) is 1. The third kappa shape index (κ3) is 7.79. The van der Waals surface area contributed by atoms with Crippen molar-refractivity contribution in [3.05, 3.63) is 144 Å². The number of carbonyl (C=O) groups excluding carboxylic acids is 2. The van der Waals surface area contributed by atoms with Crippen molar-refractivity contribution in [2.24, 2.45) is 21.7 Å². The zero-order valence-electron chi connectivity index (χ0n) is 31.1. The summed E-state index contributed by atoms with van der Waals surface area (Å²) >= 11 is 0.223. The van der Waals surface area contributed by atoms with Crippen LogP contribution < -0.4 is 0 Å². The number of carbonyl (C=O) groups is 2. The van der Waals surface area contributed by atoms with E-state index in [1.807, 2.05) is 102 Å². The molecular weight excluding hydrogens is 671 g/mol. The van der Waals surface area contributed by atoms with Gasteiger partial charge in [0, 0.05) is 11.1 Å². The summed E-state index contributed by atoms with van der Waals surface area (Å²) in [5.74, 6) is 1.05. The van der Waals surface area contributed by atoms with E-state index in [-0.39, 0.29) is 59.5 Å². The number of ketones is 2. The molecule has 0 saturated heterocycles. The molecule has 5 rings (SSSR count). The number of Topliss-reactive ketones (excluding diaryl/α,β-unsaturated/α-hetero) is 2. The van der Waals surface area contributed by atoms with E-state index in [0.29, 0.717) is 22.7 Å². The first-order valence-electron chi connectivity index (χ1n) is 17.0. The molecule has 0 unspecified atom stereocenters. The van der Waals surface area contributed by atoms with Crippen LogP contribution in [-0.2, 0) is 14.3 Å². The summed E-state index contributed by atoms with van der Waals surface area (Å²) in [4.78, 5) is 27.3. The van der Waals surface area contributed by atoms with Gasteiger partial charge in [0.1, 0.15) is 0 Å². The van der Waals surface area contributed by atoms with Gasteiger partial charge in [0.2, 0.25) is 0 Å². The second kappa shape index (κ2) is 12.8. The van der Waals surface area contributed by atoms with Crippen LogP contribution in [-0.4, -0.2) is 31.6 Å². The molecule has 0 amide bonds. The number of hydrogen-bond acceptors (Lipinski definition) is 4. The van der Waals surface area contributed by atoms with Gasteiger partial charge in [-0.15, -0.1) is 0 Å². The third-order valence-electron chi connectivity index (χ3n) is 8.78. The summed E-state index contributed by atoms with van der Waals surface area (Å²) < 4.78 is 9.27. The van der Waals surface area contributed by atoms with E-state index in [1.165, 1.54) is 8.94 Å². The van der Waals surface area contributed by atoms with Gasteiger partial charge in [-0.3, -0.25) is 4.79 Å². The van der Waals surface area contributed by atoms with Crippen LogP contribution in [0.25, 0.3) is 5.76 Å². The van der Waals surface area contributed by atoms with Crippen LogP contribution in [0.2, 0.25) is 0 Å². The second-order valence-corrected chi connectivity index (χ2v) is 19.6. The van der Waals surface area contributed by atoms with E-state index in [2.05, 4.69) is 53.7 Å². The molecule has 0 atom stereocenters. The normalized spacial score (nSPS) is 20.2. The van der Waals surface area contributed by atoms with Crippen molar-refractivity contribution in [2.45, 2.75) is 83.1 Å². The van der Waals surface area contributed by atoms with E-state index in [0.717, 1.165) is 27.9 Å². The molecule has 0 spiro atoms. The molecule has 256 valence electrons. The molecular formula is C44H50O4Se. The van der Waals surface area contributed by atoms with Crippen molar-refractivity contribution in [1.29, 1.82) is 0 Å². The van der Waals surface area contributed by atoms with Gasteiger partial charge >= 0.3 is 184 Å². The first-order valence-corrected chi connectivity index (χ1v) is 18.7. The van der Waals surface area contributed by atoms with E-state index < -0.39 is 0 Å². The summed E-state index contributed by atoms with van der Waals surface area (Å²) in [5, 5.41) is 11.3. The van der Waals surface area contributed by atoms with Crippen molar-refractivity contribution in [1.82, 2.24) is 0 Å². The Morgan fingerprint density at radius 2 is 1.16 bits per heavy atom. The fraction of sp³-hybridized carbons (Fsp3) is 0.364. The molecule has 0 bridgehead atoms. The van der Waals surface area contributed by atoms with E-state index in [1.54, 1.807) is 6.08 Å². The Labute approximate surface area is 299 Å². The zero-order chi connectivity index (χ0) is 36.3. The molecule has 0 aromatic heterocycles. The van der Waals surface area contributed by atoms with Crippen LogP contribution in [0.4, 0.5) is 0 Å². The predicted octanol–water partition coefficient (Wildman–Crippen LogP) is 10.6. The number of allylic oxidation sites excluding steroid dienone is 17. The summed E-state index contributed by atoms with van der Waals surface area (Å²) in [5.41, 5.74) is 4.63. The Kier molecular flexibility index (Phi) is 9.47. The van der Waals surface area contributed by atoms with Crippen molar-refractivity contribution >= 4 is 32.3 Å². The first kappa shape index (κ1) is 36.4. The van der Waals surface area contributed by atoms with Crippen molar-refractivity contribution < 1.29 is 19.4 Å². The van der Waals surface area contributed by atoms with Gasteiger partial charge < -0.3 is 0 Å². The molecule has 4 aliphatic rings. The average Bonchev–Trinajstić information content (AvgIpc) is 3.00. The van der Waals surface area contributed by atoms with Crippen LogP contribution in [0.3, 0.4) is 0 Å². The number of rotatable bonds is 3. The summed E-state index contributed by atoms with van der Waals surface area (Å²) in [6.07, 6.45) is 15.6. The molecule has 1 aromatic rings. The van der Waals surface area contributed by atoms with Gasteiger partial charge in [-0.2, -0.15) is 0 Å². The summed E-state index contributed by atoms with van der Waals surface area (Å²) in [6, 6.07) is 9.80. The summed E-state index contributed by atoms with van der Waals surface area (Å²) in [7, 11) is 0. The van der Waals surface area contributed by atoms with Gasteiger partial charge in [0.15, 0.2) is 5.78 Å². The Balaban J connectivity index is 1.63. The van der Waals surface area contributed by atoms with Gasteiger partial charge in [0.25, 0.3) is 0 Å². The molecule has 2 aliphatic carbocycles. The third-order valence-corrected chi connectivity index (χ3v) is 12.8. The maximum absolute atomic E-state index is 13.7. The predicted molar refractivity (Wildman–Crippen MR) is 202 cm³/mol. The molecule has 5 heteroatoms. The van der Waals surface area contributed by atoms with Gasteiger partial charge in [0.05, 0.1) is 0 Å². The van der Waals surface area contributed by atoms with E-state index >= 15 is 0 Å². The topological polar surface area (TPSA) is 63.6 Å². The molecule has 0 radical (unpaired) electrons. The SMILES string of the molecule is CC(C)(C)C1=CC(=CC2=C(O)C(=CC3=CC(=C4C=C(C(C)(C)C)C(=O)C(C(C)(C)C)=C4)OC(c4ccccc4)=C3)C2=O)C=C(C(C)(C)C)[Se]1. The fourth-order valence-corrected chi connectivity index (χ4v) is 8.37. The van der Waals surface area contributed by atoms with Crippen molar-refractivity contribution in [2.75, 3.05) is 0 Å². The standard InChI is InChI=1S/C44H50O4Se/c1-41(2,3)32-24-29(25-33(40(32)47)42(4,5)6)35-21-26(20-34(48-35)28-16-14-13-15-17-28)18-30-38(45)31(39(30)46)19-27-22-36(43(7,8)9)49-37(23-27)44(10,11)12/h13-25,45H,1-12H3. The Morgan fingerprint density at radius 1 is 0.633 bits per heavy atom. The Morgan fingerprint density at radius 3 is 1.63 bits per heavy atom. The van der Waals surface area contributed by atoms with Crippen LogP contribution >= 0.6 is 0 Å². The van der Waals surface area contributed by atoms with Crippen molar-refractivity contribution in [3.63, 3.8) is 0 Å². The average molecular weight is 722 g/mol. The van der Waals surface area contributed by atoms with Gasteiger partial charge in [-0.1, -0.05) is 71.9 Å². The zero-order valence-corrected chi connectivity index (χ0v) is 32.8. The number of benzene rings is 1. The number of aliphatic hydroxyl groups excluding tert-OH is 1. The minimum atomic E-state index is -0.375. The molecule has 2 aliphatic heterocycles. The molecule has 1 N–H and O–H groups in total. The molecule has 0 saturated carbocycles. The summed E-state index contributed by atoms with van der Waals surface area (Å²) in [6.45, 7) is 25.6. The molecule has 0 fully saturated rings.